The van der Waals surface area contributed by atoms with Gasteiger partial charge in [0.15, 0.2) is 0 Å². The summed E-state index contributed by atoms with van der Waals surface area (Å²) in [6.07, 6.45) is 3.12. The van der Waals surface area contributed by atoms with Crippen LogP contribution in [0.25, 0.3) is 0 Å². The lowest BCUT2D eigenvalue weighted by Gasteiger charge is -2.04. The van der Waals surface area contributed by atoms with Crippen LogP contribution in [0.2, 0.25) is 0 Å². The van der Waals surface area contributed by atoms with Crippen LogP contribution in [0.3, 0.4) is 0 Å². The standard InChI is InChI=1S/C16H24O3S/c1-3-19-16(17)10-5-4-6-11-20(18)13-15-9-7-8-14(2)12-15/h7-9,12H,3-6,10-11,13H2,1-2H3. The third-order valence-corrected chi connectivity index (χ3v) is 4.37. The molecular formula is C16H24O3S. The Hall–Kier alpha value is -1.16. The predicted octanol–water partition coefficient (Wildman–Crippen LogP) is 3.37. The Labute approximate surface area is 124 Å². The number of rotatable bonds is 9. The molecule has 0 heterocycles. The number of ether oxygens (including phenoxy) is 1. The third-order valence-electron chi connectivity index (χ3n) is 2.97. The lowest BCUT2D eigenvalue weighted by molar-refractivity contribution is -0.143. The number of carbonyl (C=O) groups is 1. The number of hydrogen-bond acceptors (Lipinski definition) is 3. The van der Waals surface area contributed by atoms with Crippen LogP contribution < -0.4 is 0 Å². The second-order valence-corrected chi connectivity index (χ2v) is 6.47. The SMILES string of the molecule is CCOC(=O)CCCCCS(=O)Cc1cccc(C)c1. The minimum Gasteiger partial charge on any atom is -0.466 e. The average molecular weight is 296 g/mol. The van der Waals surface area contributed by atoms with Crippen LogP contribution in [-0.4, -0.2) is 22.5 Å². The molecule has 0 radical (unpaired) electrons. The van der Waals surface area contributed by atoms with Gasteiger partial charge >= 0.3 is 5.97 Å². The van der Waals surface area contributed by atoms with Crippen LogP contribution in [-0.2, 0) is 26.1 Å². The predicted molar refractivity (Wildman–Crippen MR) is 83.0 cm³/mol. The van der Waals surface area contributed by atoms with E-state index in [1.54, 1.807) is 0 Å². The van der Waals surface area contributed by atoms with E-state index in [1.165, 1.54) is 5.56 Å². The molecule has 0 spiro atoms. The molecule has 3 nitrogen and oxygen atoms in total. The fourth-order valence-electron chi connectivity index (χ4n) is 2.00. The van der Waals surface area contributed by atoms with E-state index in [1.807, 2.05) is 32.0 Å². The molecule has 0 aliphatic carbocycles. The third kappa shape index (κ3) is 7.43. The Morgan fingerprint density at radius 3 is 2.75 bits per heavy atom. The summed E-state index contributed by atoms with van der Waals surface area (Å²) in [6, 6.07) is 8.15. The lowest BCUT2D eigenvalue weighted by atomic mass is 10.2. The van der Waals surface area contributed by atoms with Crippen molar-refractivity contribution in [3.8, 4) is 0 Å². The molecule has 1 aromatic carbocycles. The number of unbranched alkanes of at least 4 members (excludes halogenated alkanes) is 2. The Kier molecular flexibility index (Phi) is 8.19. The summed E-state index contributed by atoms with van der Waals surface area (Å²) < 4.78 is 16.8. The van der Waals surface area contributed by atoms with Crippen LogP contribution in [0.1, 0.15) is 43.7 Å². The van der Waals surface area contributed by atoms with Crippen LogP contribution in [0.4, 0.5) is 0 Å². The van der Waals surface area contributed by atoms with Gasteiger partial charge in [-0.1, -0.05) is 36.2 Å². The zero-order chi connectivity index (χ0) is 14.8. The zero-order valence-electron chi connectivity index (χ0n) is 12.4. The van der Waals surface area contributed by atoms with Gasteiger partial charge in [0.05, 0.1) is 6.61 Å². The van der Waals surface area contributed by atoms with Gasteiger partial charge in [0.2, 0.25) is 0 Å². The summed E-state index contributed by atoms with van der Waals surface area (Å²) in [7, 11) is -0.813. The van der Waals surface area contributed by atoms with Crippen molar-refractivity contribution in [3.05, 3.63) is 35.4 Å². The van der Waals surface area contributed by atoms with Crippen LogP contribution in [0, 0.1) is 6.92 Å². The molecule has 20 heavy (non-hydrogen) atoms. The highest BCUT2D eigenvalue weighted by Gasteiger charge is 2.04. The first-order valence-corrected chi connectivity index (χ1v) is 8.66. The topological polar surface area (TPSA) is 43.4 Å². The molecule has 0 fully saturated rings. The maximum Gasteiger partial charge on any atom is 0.305 e. The summed E-state index contributed by atoms with van der Waals surface area (Å²) in [4.78, 5) is 11.1. The second kappa shape index (κ2) is 9.70. The number of carbonyl (C=O) groups excluding carboxylic acids is 1. The van der Waals surface area contributed by atoms with Crippen LogP contribution >= 0.6 is 0 Å². The molecule has 0 aliphatic rings. The number of hydrogen-bond donors (Lipinski definition) is 0. The van der Waals surface area contributed by atoms with Crippen molar-refractivity contribution in [1.29, 1.82) is 0 Å². The van der Waals surface area contributed by atoms with E-state index in [4.69, 9.17) is 4.74 Å². The minimum absolute atomic E-state index is 0.131. The van der Waals surface area contributed by atoms with Crippen molar-refractivity contribution in [1.82, 2.24) is 0 Å². The Balaban J connectivity index is 2.13. The van der Waals surface area contributed by atoms with E-state index in [9.17, 15) is 9.00 Å². The quantitative estimate of drug-likeness (QED) is 0.518. The molecule has 1 unspecified atom stereocenters. The molecule has 0 N–H and O–H groups in total. The van der Waals surface area contributed by atoms with Gasteiger partial charge in [-0.2, -0.15) is 0 Å². The van der Waals surface area contributed by atoms with E-state index in [0.717, 1.165) is 24.8 Å². The molecule has 0 aliphatic heterocycles. The molecule has 0 saturated carbocycles. The molecule has 1 aromatic rings. The summed E-state index contributed by atoms with van der Waals surface area (Å²) in [6.45, 7) is 4.30. The maximum absolute atomic E-state index is 11.9. The van der Waals surface area contributed by atoms with Gasteiger partial charge in [-0.3, -0.25) is 9.00 Å². The minimum atomic E-state index is -0.813. The molecule has 112 valence electrons. The molecular weight excluding hydrogens is 272 g/mol. The summed E-state index contributed by atoms with van der Waals surface area (Å²) in [5.41, 5.74) is 2.34. The van der Waals surface area contributed by atoms with Gasteiger partial charge in [0, 0.05) is 28.7 Å². The highest BCUT2D eigenvalue weighted by Crippen LogP contribution is 2.09. The average Bonchev–Trinajstić information content (AvgIpc) is 2.38. The lowest BCUT2D eigenvalue weighted by Crippen LogP contribution is -2.04. The van der Waals surface area contributed by atoms with Gasteiger partial charge in [0.25, 0.3) is 0 Å². The highest BCUT2D eigenvalue weighted by molar-refractivity contribution is 7.84. The van der Waals surface area contributed by atoms with Crippen molar-refractivity contribution >= 4 is 16.8 Å². The van der Waals surface area contributed by atoms with Crippen molar-refractivity contribution in [3.63, 3.8) is 0 Å². The molecule has 0 amide bonds. The van der Waals surface area contributed by atoms with Crippen molar-refractivity contribution in [2.45, 2.75) is 45.3 Å². The summed E-state index contributed by atoms with van der Waals surface area (Å²) in [5, 5.41) is 0. The van der Waals surface area contributed by atoms with Crippen LogP contribution in [0.5, 0.6) is 0 Å². The first-order chi connectivity index (χ1) is 9.61. The molecule has 1 atom stereocenters. The van der Waals surface area contributed by atoms with Gasteiger partial charge in [-0.05, 0) is 32.3 Å². The maximum atomic E-state index is 11.9. The van der Waals surface area contributed by atoms with E-state index in [-0.39, 0.29) is 5.97 Å². The highest BCUT2D eigenvalue weighted by atomic mass is 32.2. The van der Waals surface area contributed by atoms with E-state index >= 15 is 0 Å². The molecule has 0 aromatic heterocycles. The number of esters is 1. The van der Waals surface area contributed by atoms with Gasteiger partial charge in [-0.15, -0.1) is 0 Å². The van der Waals surface area contributed by atoms with Crippen molar-refractivity contribution < 1.29 is 13.7 Å². The molecule has 0 bridgehead atoms. The largest absolute Gasteiger partial charge is 0.466 e. The monoisotopic (exact) mass is 296 g/mol. The summed E-state index contributed by atoms with van der Waals surface area (Å²) in [5.74, 6) is 1.20. The Bertz CT molecular complexity index is 443. The first kappa shape index (κ1) is 16.9. The number of aryl methyl sites for hydroxylation is 1. The van der Waals surface area contributed by atoms with Gasteiger partial charge in [0.1, 0.15) is 0 Å². The fraction of sp³-hybridized carbons (Fsp3) is 0.562. The Morgan fingerprint density at radius 2 is 2.05 bits per heavy atom. The second-order valence-electron chi connectivity index (χ2n) is 4.89. The first-order valence-electron chi connectivity index (χ1n) is 7.18. The normalized spacial score (nSPS) is 12.1. The van der Waals surface area contributed by atoms with Crippen molar-refractivity contribution in [2.24, 2.45) is 0 Å². The smallest absolute Gasteiger partial charge is 0.305 e. The Morgan fingerprint density at radius 1 is 1.25 bits per heavy atom. The van der Waals surface area contributed by atoms with Crippen LogP contribution in [0.15, 0.2) is 24.3 Å². The fourth-order valence-corrected chi connectivity index (χ4v) is 3.22. The van der Waals surface area contributed by atoms with Crippen molar-refractivity contribution in [2.75, 3.05) is 12.4 Å². The van der Waals surface area contributed by atoms with E-state index < -0.39 is 10.8 Å². The summed E-state index contributed by atoms with van der Waals surface area (Å²) >= 11 is 0. The zero-order valence-corrected chi connectivity index (χ0v) is 13.2. The van der Waals surface area contributed by atoms with E-state index in [0.29, 0.717) is 24.5 Å². The van der Waals surface area contributed by atoms with Gasteiger partial charge in [-0.25, -0.2) is 0 Å². The van der Waals surface area contributed by atoms with Gasteiger partial charge < -0.3 is 4.74 Å². The van der Waals surface area contributed by atoms with E-state index in [2.05, 4.69) is 6.07 Å². The molecule has 4 heteroatoms. The molecule has 0 saturated heterocycles. The molecule has 1 rings (SSSR count). The number of benzene rings is 1.